The van der Waals surface area contributed by atoms with Crippen LogP contribution in [0.5, 0.6) is 5.75 Å². The molecule has 1 unspecified atom stereocenters. The topological polar surface area (TPSA) is 64.6 Å². The molecule has 0 aromatic heterocycles. The Labute approximate surface area is 147 Å². The highest BCUT2D eigenvalue weighted by atomic mass is 19.4. The molecule has 2 rings (SSSR count). The molecule has 0 aliphatic heterocycles. The maximum Gasteiger partial charge on any atom is 0.418 e. The SMILES string of the molecule is COc1ccc(C(=O)OC(C)C(=O)Nc2ccccc2C(F)(F)F)cc1. The third-order valence-corrected chi connectivity index (χ3v) is 3.47. The highest BCUT2D eigenvalue weighted by molar-refractivity contribution is 5.97. The molecule has 1 amide bonds. The Balaban J connectivity index is 2.05. The third-order valence-electron chi connectivity index (χ3n) is 3.47. The van der Waals surface area contributed by atoms with Crippen LogP contribution in [0.15, 0.2) is 48.5 Å². The zero-order valence-electron chi connectivity index (χ0n) is 14.0. The van der Waals surface area contributed by atoms with Crippen LogP contribution in [0.3, 0.4) is 0 Å². The highest BCUT2D eigenvalue weighted by Gasteiger charge is 2.34. The molecular weight excluding hydrogens is 351 g/mol. The number of amides is 1. The number of benzene rings is 2. The third kappa shape index (κ3) is 4.75. The summed E-state index contributed by atoms with van der Waals surface area (Å²) in [5.41, 5.74) is -1.21. The van der Waals surface area contributed by atoms with Crippen LogP contribution >= 0.6 is 0 Å². The number of methoxy groups -OCH3 is 1. The first kappa shape index (κ1) is 19.3. The van der Waals surface area contributed by atoms with E-state index in [9.17, 15) is 22.8 Å². The maximum atomic E-state index is 12.9. The molecule has 0 radical (unpaired) electrons. The summed E-state index contributed by atoms with van der Waals surface area (Å²) in [6.45, 7) is 1.27. The van der Waals surface area contributed by atoms with Crippen LogP contribution in [0.2, 0.25) is 0 Å². The molecule has 0 saturated carbocycles. The van der Waals surface area contributed by atoms with Gasteiger partial charge < -0.3 is 14.8 Å². The van der Waals surface area contributed by atoms with Gasteiger partial charge in [0.25, 0.3) is 5.91 Å². The Morgan fingerprint density at radius 1 is 1.04 bits per heavy atom. The lowest BCUT2D eigenvalue weighted by molar-refractivity contribution is -0.137. The Kier molecular flexibility index (Phi) is 5.86. The molecule has 0 saturated heterocycles. The van der Waals surface area contributed by atoms with E-state index in [0.29, 0.717) is 5.75 Å². The molecule has 1 N–H and O–H groups in total. The number of para-hydroxylation sites is 1. The van der Waals surface area contributed by atoms with E-state index >= 15 is 0 Å². The van der Waals surface area contributed by atoms with Gasteiger partial charge in [0.05, 0.1) is 23.9 Å². The number of carbonyl (C=O) groups is 2. The number of anilines is 1. The van der Waals surface area contributed by atoms with Crippen molar-refractivity contribution in [3.05, 3.63) is 59.7 Å². The second-order valence-corrected chi connectivity index (χ2v) is 5.31. The first-order valence-corrected chi connectivity index (χ1v) is 7.54. The number of hydrogen-bond acceptors (Lipinski definition) is 4. The fraction of sp³-hybridized carbons (Fsp3) is 0.222. The first-order valence-electron chi connectivity index (χ1n) is 7.54. The minimum absolute atomic E-state index is 0.182. The largest absolute Gasteiger partial charge is 0.497 e. The lowest BCUT2D eigenvalue weighted by Crippen LogP contribution is -2.30. The quantitative estimate of drug-likeness (QED) is 0.814. The summed E-state index contributed by atoms with van der Waals surface area (Å²) in [6.07, 6.45) is -5.90. The second kappa shape index (κ2) is 7.90. The van der Waals surface area contributed by atoms with Gasteiger partial charge in [-0.15, -0.1) is 0 Å². The molecule has 5 nitrogen and oxygen atoms in total. The predicted molar refractivity (Wildman–Crippen MR) is 87.9 cm³/mol. The van der Waals surface area contributed by atoms with Crippen LogP contribution in [0.1, 0.15) is 22.8 Å². The summed E-state index contributed by atoms with van der Waals surface area (Å²) in [6, 6.07) is 10.5. The fourth-order valence-corrected chi connectivity index (χ4v) is 2.08. The molecule has 1 atom stereocenters. The van der Waals surface area contributed by atoms with Crippen LogP contribution < -0.4 is 10.1 Å². The van der Waals surface area contributed by atoms with Crippen molar-refractivity contribution >= 4 is 17.6 Å². The summed E-state index contributed by atoms with van der Waals surface area (Å²) >= 11 is 0. The van der Waals surface area contributed by atoms with E-state index in [0.717, 1.165) is 12.1 Å². The van der Waals surface area contributed by atoms with Gasteiger partial charge in [-0.05, 0) is 43.3 Å². The van der Waals surface area contributed by atoms with Gasteiger partial charge in [0.15, 0.2) is 6.10 Å². The number of ether oxygens (including phenoxy) is 2. The predicted octanol–water partition coefficient (Wildman–Crippen LogP) is 3.90. The molecule has 26 heavy (non-hydrogen) atoms. The lowest BCUT2D eigenvalue weighted by atomic mass is 10.1. The molecule has 0 spiro atoms. The van der Waals surface area contributed by atoms with Gasteiger partial charge in [0, 0.05) is 0 Å². The summed E-state index contributed by atoms with van der Waals surface area (Å²) in [4.78, 5) is 24.1. The number of alkyl halides is 3. The van der Waals surface area contributed by atoms with Gasteiger partial charge in [-0.1, -0.05) is 12.1 Å². The van der Waals surface area contributed by atoms with Crippen LogP contribution in [0.4, 0.5) is 18.9 Å². The highest BCUT2D eigenvalue weighted by Crippen LogP contribution is 2.34. The van der Waals surface area contributed by atoms with Crippen molar-refractivity contribution in [2.45, 2.75) is 19.2 Å². The number of halogens is 3. The van der Waals surface area contributed by atoms with Crippen molar-refractivity contribution < 1.29 is 32.2 Å². The van der Waals surface area contributed by atoms with Crippen LogP contribution in [0.25, 0.3) is 0 Å². The van der Waals surface area contributed by atoms with Crippen LogP contribution in [-0.4, -0.2) is 25.1 Å². The summed E-state index contributed by atoms with van der Waals surface area (Å²) in [5, 5.41) is 2.14. The molecule has 0 fully saturated rings. The Hall–Kier alpha value is -3.03. The summed E-state index contributed by atoms with van der Waals surface area (Å²) in [7, 11) is 1.47. The van der Waals surface area contributed by atoms with Crippen molar-refractivity contribution in [3.8, 4) is 5.75 Å². The molecular formula is C18H16F3NO4. The van der Waals surface area contributed by atoms with E-state index in [2.05, 4.69) is 5.32 Å². The lowest BCUT2D eigenvalue weighted by Gasteiger charge is -2.17. The van der Waals surface area contributed by atoms with E-state index in [1.165, 1.54) is 38.3 Å². The van der Waals surface area contributed by atoms with E-state index in [1.807, 2.05) is 0 Å². The summed E-state index contributed by atoms with van der Waals surface area (Å²) in [5.74, 6) is -1.11. The zero-order chi connectivity index (χ0) is 19.3. The molecule has 0 heterocycles. The van der Waals surface area contributed by atoms with Crippen molar-refractivity contribution in [2.75, 3.05) is 12.4 Å². The van der Waals surface area contributed by atoms with E-state index in [4.69, 9.17) is 9.47 Å². The second-order valence-electron chi connectivity index (χ2n) is 5.31. The van der Waals surface area contributed by atoms with Gasteiger partial charge >= 0.3 is 12.1 Å². The standard InChI is InChI=1S/C18H16F3NO4/c1-11(26-17(24)12-7-9-13(25-2)10-8-12)16(23)22-15-6-4-3-5-14(15)18(19,20)21/h3-11H,1-2H3,(H,22,23). The molecule has 0 bridgehead atoms. The minimum atomic E-state index is -4.62. The zero-order valence-corrected chi connectivity index (χ0v) is 14.0. The van der Waals surface area contributed by atoms with Crippen molar-refractivity contribution in [2.24, 2.45) is 0 Å². The minimum Gasteiger partial charge on any atom is -0.497 e. The molecule has 8 heteroatoms. The monoisotopic (exact) mass is 367 g/mol. The number of carbonyl (C=O) groups excluding carboxylic acids is 2. The van der Waals surface area contributed by atoms with Gasteiger partial charge in [-0.3, -0.25) is 4.79 Å². The van der Waals surface area contributed by atoms with Gasteiger partial charge in [0.2, 0.25) is 0 Å². The van der Waals surface area contributed by atoms with Gasteiger partial charge in [0.1, 0.15) is 5.75 Å². The Morgan fingerprint density at radius 2 is 1.65 bits per heavy atom. The number of rotatable bonds is 5. The average Bonchev–Trinajstić information content (AvgIpc) is 2.61. The number of nitrogens with one attached hydrogen (secondary N) is 1. The van der Waals surface area contributed by atoms with Crippen LogP contribution in [-0.2, 0) is 15.7 Å². The molecule has 0 aliphatic carbocycles. The average molecular weight is 367 g/mol. The molecule has 0 aliphatic rings. The van der Waals surface area contributed by atoms with E-state index < -0.39 is 35.4 Å². The van der Waals surface area contributed by atoms with E-state index in [1.54, 1.807) is 12.1 Å². The fourth-order valence-electron chi connectivity index (χ4n) is 2.08. The van der Waals surface area contributed by atoms with Crippen molar-refractivity contribution in [1.29, 1.82) is 0 Å². The smallest absolute Gasteiger partial charge is 0.418 e. The van der Waals surface area contributed by atoms with Crippen molar-refractivity contribution in [3.63, 3.8) is 0 Å². The Bertz CT molecular complexity index is 788. The van der Waals surface area contributed by atoms with Crippen LogP contribution in [0, 0.1) is 0 Å². The number of hydrogen-bond donors (Lipinski definition) is 1. The Morgan fingerprint density at radius 3 is 2.23 bits per heavy atom. The molecule has 2 aromatic rings. The van der Waals surface area contributed by atoms with E-state index in [-0.39, 0.29) is 5.56 Å². The first-order chi connectivity index (χ1) is 12.2. The van der Waals surface area contributed by atoms with Gasteiger partial charge in [-0.2, -0.15) is 13.2 Å². The van der Waals surface area contributed by atoms with Crippen molar-refractivity contribution in [1.82, 2.24) is 0 Å². The normalized spacial score (nSPS) is 12.2. The maximum absolute atomic E-state index is 12.9. The van der Waals surface area contributed by atoms with Gasteiger partial charge in [-0.25, -0.2) is 4.79 Å². The summed E-state index contributed by atoms with van der Waals surface area (Å²) < 4.78 is 48.8. The molecule has 2 aromatic carbocycles. The molecule has 138 valence electrons. The number of esters is 1.